The number of nitrogens with one attached hydrogen (secondary N) is 2. The van der Waals surface area contributed by atoms with Gasteiger partial charge in [0.15, 0.2) is 0 Å². The highest BCUT2D eigenvalue weighted by Crippen LogP contribution is 2.30. The Morgan fingerprint density at radius 3 is 2.69 bits per heavy atom. The number of rotatable bonds is 4. The zero-order chi connectivity index (χ0) is 18.8. The molecule has 0 aliphatic carbocycles. The van der Waals surface area contributed by atoms with Crippen LogP contribution < -0.4 is 5.32 Å². The molecule has 140 valence electrons. The van der Waals surface area contributed by atoms with E-state index in [2.05, 4.69) is 10.3 Å². The number of methoxy groups -OCH3 is 1. The van der Waals surface area contributed by atoms with Crippen molar-refractivity contribution in [3.8, 4) is 0 Å². The molecule has 2 heterocycles. The van der Waals surface area contributed by atoms with E-state index >= 15 is 0 Å². The molecule has 1 aliphatic heterocycles. The molecule has 26 heavy (non-hydrogen) atoms. The van der Waals surface area contributed by atoms with Gasteiger partial charge in [0, 0.05) is 29.0 Å². The van der Waals surface area contributed by atoms with Gasteiger partial charge < -0.3 is 19.8 Å². The summed E-state index contributed by atoms with van der Waals surface area (Å²) in [4.78, 5) is 29.7. The number of amides is 1. The highest BCUT2D eigenvalue weighted by Gasteiger charge is 2.25. The first-order valence-electron chi connectivity index (χ1n) is 8.44. The molecule has 0 unspecified atom stereocenters. The molecule has 2 atom stereocenters. The lowest BCUT2D eigenvalue weighted by atomic mass is 10.2. The molecule has 2 aromatic rings. The number of H-pyrrole nitrogens is 1. The van der Waals surface area contributed by atoms with E-state index in [4.69, 9.17) is 21.1 Å². The van der Waals surface area contributed by atoms with Gasteiger partial charge in [-0.15, -0.1) is 0 Å². The molecule has 3 rings (SSSR count). The fourth-order valence-electron chi connectivity index (χ4n) is 3.34. The van der Waals surface area contributed by atoms with Crippen LogP contribution in [-0.2, 0) is 14.3 Å². The van der Waals surface area contributed by atoms with Crippen molar-refractivity contribution in [2.24, 2.45) is 0 Å². The minimum absolute atomic E-state index is 0.0732. The van der Waals surface area contributed by atoms with Crippen molar-refractivity contribution in [1.82, 2.24) is 9.88 Å². The molecular formula is C18H22ClN3O4. The fraction of sp³-hybridized carbons (Fsp3) is 0.444. The van der Waals surface area contributed by atoms with Gasteiger partial charge in [-0.25, -0.2) is 4.79 Å². The predicted octanol–water partition coefficient (Wildman–Crippen LogP) is 2.66. The first-order valence-corrected chi connectivity index (χ1v) is 8.82. The van der Waals surface area contributed by atoms with Crippen molar-refractivity contribution in [3.63, 3.8) is 0 Å². The van der Waals surface area contributed by atoms with Crippen LogP contribution in [0.1, 0.15) is 24.3 Å². The van der Waals surface area contributed by atoms with Gasteiger partial charge in [-0.05, 0) is 32.0 Å². The molecule has 7 nitrogen and oxygen atoms in total. The Morgan fingerprint density at radius 2 is 2.04 bits per heavy atom. The van der Waals surface area contributed by atoms with Gasteiger partial charge in [0.05, 0.1) is 31.5 Å². The second-order valence-corrected chi connectivity index (χ2v) is 6.99. The summed E-state index contributed by atoms with van der Waals surface area (Å²) in [6.07, 6.45) is 0.146. The molecule has 0 saturated carbocycles. The predicted molar refractivity (Wildman–Crippen MR) is 99.7 cm³/mol. The molecule has 2 N–H and O–H groups in total. The lowest BCUT2D eigenvalue weighted by molar-refractivity contribution is -0.121. The summed E-state index contributed by atoms with van der Waals surface area (Å²) >= 11 is 6.07. The van der Waals surface area contributed by atoms with E-state index in [0.29, 0.717) is 34.7 Å². The van der Waals surface area contributed by atoms with E-state index in [0.717, 1.165) is 0 Å². The molecule has 1 fully saturated rings. The fourth-order valence-corrected chi connectivity index (χ4v) is 3.52. The average Bonchev–Trinajstić information content (AvgIpc) is 2.91. The van der Waals surface area contributed by atoms with Gasteiger partial charge in [0.25, 0.3) is 0 Å². The molecule has 1 saturated heterocycles. The van der Waals surface area contributed by atoms with E-state index in [-0.39, 0.29) is 30.4 Å². The summed E-state index contributed by atoms with van der Waals surface area (Å²) in [5.41, 5.74) is 1.27. The van der Waals surface area contributed by atoms with Crippen LogP contribution in [0.4, 0.5) is 5.69 Å². The zero-order valence-electron chi connectivity index (χ0n) is 15.0. The number of nitrogens with zero attached hydrogens (tertiary/aromatic N) is 1. The van der Waals surface area contributed by atoms with Crippen LogP contribution in [0.3, 0.4) is 0 Å². The van der Waals surface area contributed by atoms with Gasteiger partial charge in [-0.2, -0.15) is 0 Å². The number of halogens is 1. The third-order valence-corrected chi connectivity index (χ3v) is 4.51. The Labute approximate surface area is 156 Å². The monoisotopic (exact) mass is 379 g/mol. The van der Waals surface area contributed by atoms with Crippen LogP contribution in [-0.4, -0.2) is 60.7 Å². The van der Waals surface area contributed by atoms with Crippen molar-refractivity contribution >= 4 is 40.1 Å². The number of hydrogen-bond acceptors (Lipinski definition) is 5. The van der Waals surface area contributed by atoms with Crippen LogP contribution in [0, 0.1) is 0 Å². The Bertz CT molecular complexity index is 825. The van der Waals surface area contributed by atoms with Gasteiger partial charge >= 0.3 is 5.97 Å². The van der Waals surface area contributed by atoms with E-state index in [9.17, 15) is 9.59 Å². The molecule has 0 bridgehead atoms. The maximum atomic E-state index is 12.6. The van der Waals surface area contributed by atoms with Crippen molar-refractivity contribution in [1.29, 1.82) is 0 Å². The lowest BCUT2D eigenvalue weighted by Gasteiger charge is -2.34. The number of ether oxygens (including phenoxy) is 2. The van der Waals surface area contributed by atoms with Crippen LogP contribution in [0.2, 0.25) is 5.02 Å². The maximum absolute atomic E-state index is 12.6. The first kappa shape index (κ1) is 18.7. The van der Waals surface area contributed by atoms with Crippen molar-refractivity contribution < 1.29 is 19.1 Å². The molecule has 1 aliphatic rings. The average molecular weight is 380 g/mol. The summed E-state index contributed by atoms with van der Waals surface area (Å²) in [5, 5.41) is 4.02. The normalized spacial score (nSPS) is 20.9. The van der Waals surface area contributed by atoms with E-state index in [1.54, 1.807) is 18.2 Å². The summed E-state index contributed by atoms with van der Waals surface area (Å²) in [6, 6.07) is 5.17. The Kier molecular flexibility index (Phi) is 5.50. The number of esters is 1. The van der Waals surface area contributed by atoms with Crippen LogP contribution >= 0.6 is 11.6 Å². The lowest BCUT2D eigenvalue weighted by Crippen LogP contribution is -2.48. The minimum Gasteiger partial charge on any atom is -0.464 e. The zero-order valence-corrected chi connectivity index (χ0v) is 15.7. The number of anilines is 1. The number of aromatic nitrogens is 1. The Hall–Kier alpha value is -2.09. The first-order chi connectivity index (χ1) is 12.4. The summed E-state index contributed by atoms with van der Waals surface area (Å²) in [7, 11) is 1.29. The quantitative estimate of drug-likeness (QED) is 0.798. The van der Waals surface area contributed by atoms with Crippen molar-refractivity contribution in [2.75, 3.05) is 32.1 Å². The number of carbonyl (C=O) groups excluding carboxylic acids is 2. The minimum atomic E-state index is -0.554. The molecule has 1 aromatic heterocycles. The molecule has 0 spiro atoms. The van der Waals surface area contributed by atoms with Gasteiger partial charge in [-0.1, -0.05) is 11.6 Å². The van der Waals surface area contributed by atoms with Crippen LogP contribution in [0.5, 0.6) is 0 Å². The smallest absolute Gasteiger partial charge is 0.356 e. The molecule has 8 heteroatoms. The summed E-state index contributed by atoms with van der Waals surface area (Å²) in [5.74, 6) is -0.765. The summed E-state index contributed by atoms with van der Waals surface area (Å²) in [6.45, 7) is 5.55. The van der Waals surface area contributed by atoms with Gasteiger partial charge in [-0.3, -0.25) is 9.69 Å². The standard InChI is InChI=1S/C18H22ClN3O4/c1-10-7-22(8-11(2)26-10)9-15(23)21-16-13-6-12(19)4-5-14(13)20-17(16)18(24)25-3/h4-6,10-11,20H,7-9H2,1-3H3,(H,21,23)/t10-,11-/m0/s1. The Morgan fingerprint density at radius 1 is 1.35 bits per heavy atom. The van der Waals surface area contributed by atoms with E-state index < -0.39 is 5.97 Å². The number of carbonyl (C=O) groups is 2. The van der Waals surface area contributed by atoms with Gasteiger partial charge in [0.2, 0.25) is 5.91 Å². The molecular weight excluding hydrogens is 358 g/mol. The Balaban J connectivity index is 1.83. The van der Waals surface area contributed by atoms with E-state index in [1.165, 1.54) is 7.11 Å². The van der Waals surface area contributed by atoms with Crippen molar-refractivity contribution in [3.05, 3.63) is 28.9 Å². The number of morpholine rings is 1. The third-order valence-electron chi connectivity index (χ3n) is 4.28. The van der Waals surface area contributed by atoms with E-state index in [1.807, 2.05) is 18.7 Å². The number of fused-ring (bicyclic) bond motifs is 1. The number of hydrogen-bond donors (Lipinski definition) is 2. The van der Waals surface area contributed by atoms with Crippen LogP contribution in [0.25, 0.3) is 10.9 Å². The SMILES string of the molecule is COC(=O)c1[nH]c2ccc(Cl)cc2c1NC(=O)CN1C[C@H](C)O[C@@H](C)C1. The number of benzene rings is 1. The second-order valence-electron chi connectivity index (χ2n) is 6.56. The molecule has 1 amide bonds. The van der Waals surface area contributed by atoms with Crippen molar-refractivity contribution in [2.45, 2.75) is 26.1 Å². The van der Waals surface area contributed by atoms with Gasteiger partial charge in [0.1, 0.15) is 5.69 Å². The third kappa shape index (κ3) is 4.00. The highest BCUT2D eigenvalue weighted by molar-refractivity contribution is 6.31. The molecule has 1 aromatic carbocycles. The largest absolute Gasteiger partial charge is 0.464 e. The summed E-state index contributed by atoms with van der Waals surface area (Å²) < 4.78 is 10.5. The molecule has 0 radical (unpaired) electrons. The number of aromatic amines is 1. The highest BCUT2D eigenvalue weighted by atomic mass is 35.5. The maximum Gasteiger partial charge on any atom is 0.356 e. The topological polar surface area (TPSA) is 83.7 Å². The second kappa shape index (κ2) is 7.65. The van der Waals surface area contributed by atoms with Crippen LogP contribution in [0.15, 0.2) is 18.2 Å².